The Morgan fingerprint density at radius 1 is 1.13 bits per heavy atom. The molecule has 3 amide bonds. The summed E-state index contributed by atoms with van der Waals surface area (Å²) in [4.78, 5) is 38.6. The SMILES string of the molecule is CNC(=O)Nc1cc(-c2cccc(CC(=O)N3C=C4CC=CC=C4C3)c2)cn(C)c1=O. The molecule has 2 heterocycles. The molecule has 158 valence electrons. The molecule has 0 saturated heterocycles. The number of hydrogen-bond donors (Lipinski definition) is 2. The summed E-state index contributed by atoms with van der Waals surface area (Å²) >= 11 is 0. The largest absolute Gasteiger partial charge is 0.341 e. The number of aromatic nitrogens is 1. The van der Waals surface area contributed by atoms with Crippen molar-refractivity contribution in [2.75, 3.05) is 18.9 Å². The van der Waals surface area contributed by atoms with Gasteiger partial charge in [-0.15, -0.1) is 0 Å². The summed E-state index contributed by atoms with van der Waals surface area (Å²) in [5.74, 6) is 0.0439. The number of urea groups is 1. The smallest absolute Gasteiger partial charge is 0.319 e. The number of hydrogen-bond acceptors (Lipinski definition) is 3. The number of nitrogens with one attached hydrogen (secondary N) is 2. The third-order valence-corrected chi connectivity index (χ3v) is 5.43. The monoisotopic (exact) mass is 416 g/mol. The summed E-state index contributed by atoms with van der Waals surface area (Å²) in [7, 11) is 3.13. The molecule has 0 radical (unpaired) electrons. The van der Waals surface area contributed by atoms with E-state index in [1.165, 1.54) is 22.8 Å². The molecule has 0 bridgehead atoms. The van der Waals surface area contributed by atoms with E-state index >= 15 is 0 Å². The Balaban J connectivity index is 1.55. The number of carbonyl (C=O) groups excluding carboxylic acids is 2. The fraction of sp³-hybridized carbons (Fsp3) is 0.208. The first kappa shape index (κ1) is 20.4. The molecule has 1 aromatic heterocycles. The molecule has 1 aliphatic heterocycles. The van der Waals surface area contributed by atoms with Gasteiger partial charge in [-0.1, -0.05) is 42.5 Å². The summed E-state index contributed by atoms with van der Waals surface area (Å²) in [5.41, 5.74) is 4.81. The average molecular weight is 416 g/mol. The van der Waals surface area contributed by atoms with Gasteiger partial charge in [-0.3, -0.25) is 9.59 Å². The number of amides is 3. The molecule has 2 N–H and O–H groups in total. The number of anilines is 1. The second kappa shape index (κ2) is 8.47. The van der Waals surface area contributed by atoms with Gasteiger partial charge in [-0.2, -0.15) is 0 Å². The van der Waals surface area contributed by atoms with Gasteiger partial charge in [0, 0.05) is 32.1 Å². The minimum Gasteiger partial charge on any atom is -0.341 e. The number of fused-ring (bicyclic) bond motifs is 1. The first-order valence-electron chi connectivity index (χ1n) is 10.1. The summed E-state index contributed by atoms with van der Waals surface area (Å²) in [6, 6.07) is 8.86. The molecule has 1 aliphatic carbocycles. The maximum Gasteiger partial charge on any atom is 0.319 e. The van der Waals surface area contributed by atoms with E-state index < -0.39 is 6.03 Å². The molecule has 2 aromatic rings. The maximum absolute atomic E-state index is 12.8. The van der Waals surface area contributed by atoms with Gasteiger partial charge in [0.25, 0.3) is 5.56 Å². The average Bonchev–Trinajstić information content (AvgIpc) is 3.21. The van der Waals surface area contributed by atoms with Crippen molar-refractivity contribution in [1.29, 1.82) is 0 Å². The Bertz CT molecular complexity index is 1200. The molecule has 0 saturated carbocycles. The van der Waals surface area contributed by atoms with Crippen molar-refractivity contribution in [2.24, 2.45) is 7.05 Å². The van der Waals surface area contributed by atoms with E-state index in [1.807, 2.05) is 36.5 Å². The zero-order valence-electron chi connectivity index (χ0n) is 17.5. The van der Waals surface area contributed by atoms with Crippen molar-refractivity contribution >= 4 is 17.6 Å². The van der Waals surface area contributed by atoms with Crippen LogP contribution >= 0.6 is 0 Å². The van der Waals surface area contributed by atoms with E-state index in [0.29, 0.717) is 6.54 Å². The molecule has 4 rings (SSSR count). The van der Waals surface area contributed by atoms with Gasteiger partial charge in [0.15, 0.2) is 0 Å². The Labute approximate surface area is 180 Å². The lowest BCUT2D eigenvalue weighted by Crippen LogP contribution is -2.29. The van der Waals surface area contributed by atoms with Crippen molar-refractivity contribution < 1.29 is 9.59 Å². The second-order valence-electron chi connectivity index (χ2n) is 7.64. The molecule has 0 fully saturated rings. The van der Waals surface area contributed by atoms with Gasteiger partial charge in [0.2, 0.25) is 5.91 Å². The number of pyridine rings is 1. The Kier molecular flexibility index (Phi) is 5.58. The zero-order chi connectivity index (χ0) is 22.0. The number of benzene rings is 1. The molecule has 7 heteroatoms. The zero-order valence-corrected chi connectivity index (χ0v) is 17.5. The third-order valence-electron chi connectivity index (χ3n) is 5.43. The van der Waals surface area contributed by atoms with E-state index in [2.05, 4.69) is 22.8 Å². The van der Waals surface area contributed by atoms with E-state index in [4.69, 9.17) is 0 Å². The van der Waals surface area contributed by atoms with Crippen LogP contribution in [0.5, 0.6) is 0 Å². The lowest BCUT2D eigenvalue weighted by molar-refractivity contribution is -0.127. The van der Waals surface area contributed by atoms with Gasteiger partial charge in [-0.25, -0.2) is 4.79 Å². The topological polar surface area (TPSA) is 83.4 Å². The van der Waals surface area contributed by atoms with Crippen LogP contribution in [-0.4, -0.2) is 35.0 Å². The van der Waals surface area contributed by atoms with Crippen molar-refractivity contribution in [3.63, 3.8) is 0 Å². The summed E-state index contributed by atoms with van der Waals surface area (Å²) in [5, 5.41) is 5.00. The van der Waals surface area contributed by atoms with Crippen molar-refractivity contribution in [3.8, 4) is 11.1 Å². The molecule has 7 nitrogen and oxygen atoms in total. The van der Waals surface area contributed by atoms with Crippen LogP contribution in [0.3, 0.4) is 0 Å². The highest BCUT2D eigenvalue weighted by molar-refractivity contribution is 5.89. The molecule has 2 aliphatic rings. The van der Waals surface area contributed by atoms with E-state index in [0.717, 1.165) is 23.1 Å². The van der Waals surface area contributed by atoms with Crippen molar-refractivity contribution in [1.82, 2.24) is 14.8 Å². The van der Waals surface area contributed by atoms with Crippen LogP contribution in [0.4, 0.5) is 10.5 Å². The van der Waals surface area contributed by atoms with Crippen LogP contribution < -0.4 is 16.2 Å². The van der Waals surface area contributed by atoms with E-state index in [1.54, 1.807) is 24.2 Å². The number of allylic oxidation sites excluding steroid dienone is 3. The van der Waals surface area contributed by atoms with Crippen molar-refractivity contribution in [3.05, 3.63) is 88.0 Å². The molecule has 0 unspecified atom stereocenters. The number of carbonyl (C=O) groups is 2. The van der Waals surface area contributed by atoms with Crippen LogP contribution in [0.15, 0.2) is 76.9 Å². The van der Waals surface area contributed by atoms with Crippen LogP contribution in [-0.2, 0) is 18.3 Å². The predicted molar refractivity (Wildman–Crippen MR) is 121 cm³/mol. The quantitative estimate of drug-likeness (QED) is 0.804. The Hall–Kier alpha value is -3.87. The molecule has 0 atom stereocenters. The summed E-state index contributed by atoms with van der Waals surface area (Å²) < 4.78 is 1.43. The van der Waals surface area contributed by atoms with Gasteiger partial charge in [0.05, 0.1) is 13.0 Å². The predicted octanol–water partition coefficient (Wildman–Crippen LogP) is 2.96. The molecular weight excluding hydrogens is 392 g/mol. The fourth-order valence-corrected chi connectivity index (χ4v) is 3.77. The lowest BCUT2D eigenvalue weighted by atomic mass is 10.0. The fourth-order valence-electron chi connectivity index (χ4n) is 3.77. The molecule has 31 heavy (non-hydrogen) atoms. The highest BCUT2D eigenvalue weighted by Crippen LogP contribution is 2.28. The summed E-state index contributed by atoms with van der Waals surface area (Å²) in [6.07, 6.45) is 11.0. The van der Waals surface area contributed by atoms with E-state index in [9.17, 15) is 14.4 Å². The van der Waals surface area contributed by atoms with Crippen LogP contribution in [0.1, 0.15) is 12.0 Å². The first-order chi connectivity index (χ1) is 14.9. The highest BCUT2D eigenvalue weighted by Gasteiger charge is 2.23. The highest BCUT2D eigenvalue weighted by atomic mass is 16.2. The second-order valence-corrected chi connectivity index (χ2v) is 7.64. The number of nitrogens with zero attached hydrogens (tertiary/aromatic N) is 2. The van der Waals surface area contributed by atoms with E-state index in [-0.39, 0.29) is 23.6 Å². The standard InChI is InChI=1S/C24H24N4O3/c1-25-24(31)26-21-12-20(13-27(2)23(21)30)17-9-5-6-16(10-17)11-22(29)28-14-18-7-3-4-8-19(18)15-28/h3-7,9-10,12-13,15H,8,11,14H2,1-2H3,(H2,25,26,31). The first-order valence-corrected chi connectivity index (χ1v) is 10.1. The molecule has 0 spiro atoms. The van der Waals surface area contributed by atoms with Crippen molar-refractivity contribution in [2.45, 2.75) is 12.8 Å². The maximum atomic E-state index is 12.8. The van der Waals surface area contributed by atoms with Crippen LogP contribution in [0.25, 0.3) is 11.1 Å². The Morgan fingerprint density at radius 2 is 1.97 bits per heavy atom. The van der Waals surface area contributed by atoms with Gasteiger partial charge in [-0.05, 0) is 34.8 Å². The summed E-state index contributed by atoms with van der Waals surface area (Å²) in [6.45, 7) is 0.619. The minimum atomic E-state index is -0.459. The normalized spacial score (nSPS) is 14.6. The number of rotatable bonds is 4. The Morgan fingerprint density at radius 3 is 2.74 bits per heavy atom. The van der Waals surface area contributed by atoms with Gasteiger partial charge >= 0.3 is 6.03 Å². The van der Waals surface area contributed by atoms with Crippen LogP contribution in [0, 0.1) is 0 Å². The molecular formula is C24H24N4O3. The molecule has 1 aromatic carbocycles. The van der Waals surface area contributed by atoms with Gasteiger partial charge in [0.1, 0.15) is 5.69 Å². The van der Waals surface area contributed by atoms with Crippen LogP contribution in [0.2, 0.25) is 0 Å². The lowest BCUT2D eigenvalue weighted by Gasteiger charge is -2.14. The number of aryl methyl sites for hydroxylation is 1. The minimum absolute atomic E-state index is 0.0439. The third kappa shape index (κ3) is 4.35. The van der Waals surface area contributed by atoms with Gasteiger partial charge < -0.3 is 20.1 Å².